The maximum atomic E-state index is 13.0. The summed E-state index contributed by atoms with van der Waals surface area (Å²) in [5.41, 5.74) is 0.843. The topological polar surface area (TPSA) is 75.7 Å². The number of hydrogen-bond acceptors (Lipinski definition) is 4. The van der Waals surface area contributed by atoms with Crippen molar-refractivity contribution in [2.45, 2.75) is 70.6 Å². The van der Waals surface area contributed by atoms with Gasteiger partial charge in [-0.05, 0) is 55.9 Å². The normalized spacial score (nSPS) is 36.1. The second-order valence-corrected chi connectivity index (χ2v) is 8.13. The molecule has 1 saturated heterocycles. The first-order valence-electron chi connectivity index (χ1n) is 9.57. The summed E-state index contributed by atoms with van der Waals surface area (Å²) in [5, 5.41) is 2.73. The van der Waals surface area contributed by atoms with Gasteiger partial charge in [-0.3, -0.25) is 9.69 Å². The fourth-order valence-electron chi connectivity index (χ4n) is 4.55. The lowest BCUT2D eigenvalue weighted by atomic mass is 9.76. The molecule has 0 aromatic carbocycles. The Bertz CT molecular complexity index is 617. The summed E-state index contributed by atoms with van der Waals surface area (Å²) in [6.45, 7) is 2.28. The molecule has 2 atom stereocenters. The Kier molecular flexibility index (Phi) is 4.29. The van der Waals surface area contributed by atoms with Crippen molar-refractivity contribution in [3.8, 4) is 0 Å². The van der Waals surface area contributed by atoms with Crippen molar-refractivity contribution < 1.29 is 19.1 Å². The number of carbonyl (C=O) groups excluding carboxylic acids is 3. The van der Waals surface area contributed by atoms with Crippen LogP contribution >= 0.6 is 0 Å². The molecule has 4 rings (SSSR count). The molecule has 25 heavy (non-hydrogen) atoms. The number of ether oxygens (including phenoxy) is 1. The zero-order valence-corrected chi connectivity index (χ0v) is 14.7. The van der Waals surface area contributed by atoms with Gasteiger partial charge in [-0.1, -0.05) is 19.8 Å². The number of rotatable bonds is 3. The van der Waals surface area contributed by atoms with Crippen LogP contribution in [0, 0.1) is 17.8 Å². The minimum absolute atomic E-state index is 0.00265. The largest absolute Gasteiger partial charge is 0.437 e. The van der Waals surface area contributed by atoms with E-state index in [0.29, 0.717) is 5.92 Å². The average Bonchev–Trinajstić information content (AvgIpc) is 2.51. The van der Waals surface area contributed by atoms with E-state index < -0.39 is 24.1 Å². The molecular formula is C19H26N2O4. The number of hydrogen-bond donors (Lipinski definition) is 1. The van der Waals surface area contributed by atoms with E-state index in [1.807, 2.05) is 0 Å². The monoisotopic (exact) mass is 346 g/mol. The van der Waals surface area contributed by atoms with Crippen molar-refractivity contribution in [2.24, 2.45) is 17.8 Å². The summed E-state index contributed by atoms with van der Waals surface area (Å²) >= 11 is 0. The average molecular weight is 346 g/mol. The Morgan fingerprint density at radius 1 is 1.12 bits per heavy atom. The predicted molar refractivity (Wildman–Crippen MR) is 90.2 cm³/mol. The van der Waals surface area contributed by atoms with Crippen LogP contribution in [0.3, 0.4) is 0 Å². The Balaban J connectivity index is 1.54. The summed E-state index contributed by atoms with van der Waals surface area (Å²) in [4.78, 5) is 38.7. The number of fused-ring (bicyclic) bond motifs is 1. The van der Waals surface area contributed by atoms with Crippen LogP contribution in [-0.2, 0) is 14.3 Å². The second-order valence-electron chi connectivity index (χ2n) is 8.13. The minimum atomic E-state index is -0.841. The Morgan fingerprint density at radius 3 is 2.48 bits per heavy atom. The molecule has 6 heteroatoms. The maximum absolute atomic E-state index is 13.0. The van der Waals surface area contributed by atoms with Gasteiger partial charge in [0.15, 0.2) is 6.23 Å². The molecular weight excluding hydrogens is 320 g/mol. The molecule has 2 saturated carbocycles. The number of nitrogens with zero attached hydrogens (tertiary/aromatic N) is 1. The molecule has 6 nitrogen and oxygen atoms in total. The van der Waals surface area contributed by atoms with Gasteiger partial charge in [0, 0.05) is 12.1 Å². The molecule has 0 aromatic rings. The van der Waals surface area contributed by atoms with Gasteiger partial charge in [0.2, 0.25) is 5.91 Å². The molecule has 0 radical (unpaired) electrons. The third-order valence-electron chi connectivity index (χ3n) is 6.34. The van der Waals surface area contributed by atoms with Gasteiger partial charge >= 0.3 is 12.0 Å². The first kappa shape index (κ1) is 16.6. The van der Waals surface area contributed by atoms with Crippen LogP contribution in [-0.4, -0.2) is 35.1 Å². The summed E-state index contributed by atoms with van der Waals surface area (Å²) in [7, 11) is 0. The summed E-state index contributed by atoms with van der Waals surface area (Å²) in [6, 6.07) is -0.417. The van der Waals surface area contributed by atoms with Crippen molar-refractivity contribution in [2.75, 3.05) is 0 Å². The molecule has 2 aliphatic heterocycles. The SMILES string of the molecule is CC1CCC(CC2=CC(=O)OC3NC(=O)N(C4CCC4)C(=O)C23)CC1. The number of imide groups is 1. The minimum Gasteiger partial charge on any atom is -0.437 e. The van der Waals surface area contributed by atoms with E-state index in [1.54, 1.807) is 0 Å². The van der Waals surface area contributed by atoms with Crippen molar-refractivity contribution in [3.63, 3.8) is 0 Å². The maximum Gasteiger partial charge on any atom is 0.332 e. The molecule has 3 amide bonds. The highest BCUT2D eigenvalue weighted by Crippen LogP contribution is 2.39. The molecule has 0 bridgehead atoms. The number of urea groups is 1. The number of amides is 3. The second kappa shape index (κ2) is 6.46. The van der Waals surface area contributed by atoms with Gasteiger partial charge in [-0.15, -0.1) is 0 Å². The van der Waals surface area contributed by atoms with E-state index in [2.05, 4.69) is 12.2 Å². The summed E-state index contributed by atoms with van der Waals surface area (Å²) in [6.07, 6.45) is 8.88. The van der Waals surface area contributed by atoms with Crippen LogP contribution in [0.25, 0.3) is 0 Å². The molecule has 3 fully saturated rings. The number of nitrogens with one attached hydrogen (secondary N) is 1. The van der Waals surface area contributed by atoms with Crippen LogP contribution in [0.1, 0.15) is 58.3 Å². The van der Waals surface area contributed by atoms with Crippen LogP contribution in [0.4, 0.5) is 4.79 Å². The smallest absolute Gasteiger partial charge is 0.332 e. The van der Waals surface area contributed by atoms with Crippen LogP contribution in [0.15, 0.2) is 11.6 Å². The van der Waals surface area contributed by atoms with Crippen molar-refractivity contribution >= 4 is 17.9 Å². The van der Waals surface area contributed by atoms with Crippen molar-refractivity contribution in [1.29, 1.82) is 0 Å². The summed E-state index contributed by atoms with van der Waals surface area (Å²) < 4.78 is 5.25. The lowest BCUT2D eigenvalue weighted by Gasteiger charge is -2.45. The van der Waals surface area contributed by atoms with Gasteiger partial charge in [-0.25, -0.2) is 9.59 Å². The van der Waals surface area contributed by atoms with Gasteiger partial charge < -0.3 is 10.1 Å². The van der Waals surface area contributed by atoms with E-state index in [0.717, 1.165) is 50.0 Å². The lowest BCUT2D eigenvalue weighted by molar-refractivity contribution is -0.157. The highest BCUT2D eigenvalue weighted by molar-refractivity contribution is 6.02. The third-order valence-corrected chi connectivity index (χ3v) is 6.34. The molecule has 0 spiro atoms. The fraction of sp³-hybridized carbons (Fsp3) is 0.737. The van der Waals surface area contributed by atoms with E-state index in [1.165, 1.54) is 23.8 Å². The molecule has 0 aromatic heterocycles. The van der Waals surface area contributed by atoms with Crippen LogP contribution < -0.4 is 5.32 Å². The van der Waals surface area contributed by atoms with Crippen LogP contribution in [0.2, 0.25) is 0 Å². The number of carbonyl (C=O) groups is 3. The molecule has 4 aliphatic rings. The van der Waals surface area contributed by atoms with E-state index in [-0.39, 0.29) is 11.9 Å². The third kappa shape index (κ3) is 3.07. The summed E-state index contributed by atoms with van der Waals surface area (Å²) in [5.74, 6) is 0.0814. The molecule has 1 N–H and O–H groups in total. The highest BCUT2D eigenvalue weighted by atomic mass is 16.6. The zero-order chi connectivity index (χ0) is 17.6. The molecule has 2 aliphatic carbocycles. The quantitative estimate of drug-likeness (QED) is 0.797. The Hall–Kier alpha value is -1.85. The first-order valence-corrected chi connectivity index (χ1v) is 9.57. The highest BCUT2D eigenvalue weighted by Gasteiger charge is 2.50. The van der Waals surface area contributed by atoms with Crippen molar-refractivity contribution in [1.82, 2.24) is 10.2 Å². The Morgan fingerprint density at radius 2 is 1.84 bits per heavy atom. The molecule has 2 unspecified atom stereocenters. The van der Waals surface area contributed by atoms with E-state index in [4.69, 9.17) is 4.74 Å². The first-order chi connectivity index (χ1) is 12.0. The molecule has 136 valence electrons. The molecule has 2 heterocycles. The lowest BCUT2D eigenvalue weighted by Crippen LogP contribution is -2.65. The Labute approximate surface area is 148 Å². The van der Waals surface area contributed by atoms with E-state index in [9.17, 15) is 14.4 Å². The van der Waals surface area contributed by atoms with E-state index >= 15 is 0 Å². The van der Waals surface area contributed by atoms with Gasteiger partial charge in [0.25, 0.3) is 0 Å². The van der Waals surface area contributed by atoms with Crippen molar-refractivity contribution in [3.05, 3.63) is 11.6 Å². The van der Waals surface area contributed by atoms with Crippen LogP contribution in [0.5, 0.6) is 0 Å². The zero-order valence-electron chi connectivity index (χ0n) is 14.7. The van der Waals surface area contributed by atoms with Gasteiger partial charge in [0.1, 0.15) is 5.92 Å². The standard InChI is InChI=1S/C19H26N2O4/c1-11-5-7-12(8-6-11)9-13-10-15(22)25-17-16(13)18(23)21(19(24)20-17)14-3-2-4-14/h10-12,14,16-17H,2-9H2,1H3,(H,20,24). The van der Waals surface area contributed by atoms with Gasteiger partial charge in [0.05, 0.1) is 0 Å². The number of esters is 1. The predicted octanol–water partition coefficient (Wildman–Crippen LogP) is 2.73. The fourth-order valence-corrected chi connectivity index (χ4v) is 4.55. The van der Waals surface area contributed by atoms with Gasteiger partial charge in [-0.2, -0.15) is 0 Å².